The lowest BCUT2D eigenvalue weighted by molar-refractivity contribution is 0.116. The van der Waals surface area contributed by atoms with Gasteiger partial charge in [-0.15, -0.1) is 0 Å². The maximum absolute atomic E-state index is 13.5. The molecule has 2 nitrogen and oxygen atoms in total. The maximum atomic E-state index is 13.5. The van der Waals surface area contributed by atoms with Crippen LogP contribution in [0.1, 0.15) is 25.7 Å². The third kappa shape index (κ3) is 2.74. The minimum Gasteiger partial charge on any atom is -0.391 e. The predicted octanol–water partition coefficient (Wildman–Crippen LogP) is 3.30. The molecule has 1 aromatic carbocycles. The average Bonchev–Trinajstić information content (AvgIpc) is 2.27. The molecule has 0 unspecified atom stereocenters. The van der Waals surface area contributed by atoms with Crippen LogP contribution in [0.2, 0.25) is 0 Å². The van der Waals surface area contributed by atoms with Gasteiger partial charge in [0.05, 0.1) is 17.8 Å². The molecule has 4 heteroatoms. The van der Waals surface area contributed by atoms with E-state index in [2.05, 4.69) is 21.2 Å². The molecule has 0 aliphatic heterocycles. The maximum Gasteiger partial charge on any atom is 0.146 e. The van der Waals surface area contributed by atoms with Crippen molar-refractivity contribution in [1.82, 2.24) is 0 Å². The highest BCUT2D eigenvalue weighted by Gasteiger charge is 2.23. The molecule has 0 spiro atoms. The number of rotatable bonds is 2. The Morgan fingerprint density at radius 2 is 2.06 bits per heavy atom. The summed E-state index contributed by atoms with van der Waals surface area (Å²) >= 11 is 3.31. The van der Waals surface area contributed by atoms with Crippen molar-refractivity contribution in [2.24, 2.45) is 0 Å². The van der Waals surface area contributed by atoms with Crippen molar-refractivity contribution < 1.29 is 9.50 Å². The molecule has 16 heavy (non-hydrogen) atoms. The Kier molecular flexibility index (Phi) is 3.82. The van der Waals surface area contributed by atoms with Gasteiger partial charge in [-0.05, 0) is 31.0 Å². The molecule has 0 aromatic heterocycles. The van der Waals surface area contributed by atoms with E-state index in [4.69, 9.17) is 0 Å². The van der Waals surface area contributed by atoms with E-state index in [-0.39, 0.29) is 18.0 Å². The normalized spacial score (nSPS) is 25.4. The van der Waals surface area contributed by atoms with Crippen LogP contribution in [0, 0.1) is 5.82 Å². The monoisotopic (exact) mass is 287 g/mol. The van der Waals surface area contributed by atoms with Crippen LogP contribution in [0.15, 0.2) is 22.7 Å². The number of nitrogens with one attached hydrogen (secondary N) is 1. The van der Waals surface area contributed by atoms with Gasteiger partial charge in [-0.1, -0.05) is 28.8 Å². The number of hydrogen-bond donors (Lipinski definition) is 2. The van der Waals surface area contributed by atoms with Crippen LogP contribution in [0.3, 0.4) is 0 Å². The molecular formula is C12H15BrFNO. The Balaban J connectivity index is 2.10. The van der Waals surface area contributed by atoms with Crippen molar-refractivity contribution >= 4 is 21.6 Å². The smallest absolute Gasteiger partial charge is 0.146 e. The summed E-state index contributed by atoms with van der Waals surface area (Å²) in [6.07, 6.45) is 3.47. The molecular weight excluding hydrogens is 273 g/mol. The molecule has 1 aliphatic carbocycles. The van der Waals surface area contributed by atoms with Gasteiger partial charge in [0.25, 0.3) is 0 Å². The molecule has 1 fully saturated rings. The summed E-state index contributed by atoms with van der Waals surface area (Å²) in [5.74, 6) is -0.277. The Hall–Kier alpha value is -0.610. The molecule has 0 saturated heterocycles. The van der Waals surface area contributed by atoms with Gasteiger partial charge in [0, 0.05) is 4.47 Å². The van der Waals surface area contributed by atoms with Gasteiger partial charge in [-0.25, -0.2) is 4.39 Å². The molecule has 0 radical (unpaired) electrons. The standard InChI is InChI=1S/C12H15BrFNO/c13-8-5-6-9(14)11(7-8)15-10-3-1-2-4-12(10)16/h5-7,10,12,15-16H,1-4H2/t10-,12-/m1/s1. The zero-order valence-electron chi connectivity index (χ0n) is 8.92. The summed E-state index contributed by atoms with van der Waals surface area (Å²) in [7, 11) is 0. The lowest BCUT2D eigenvalue weighted by Gasteiger charge is -2.29. The number of halogens is 2. The summed E-state index contributed by atoms with van der Waals surface area (Å²) in [5.41, 5.74) is 0.459. The SMILES string of the molecule is O[C@@H]1CCCC[C@H]1Nc1cc(Br)ccc1F. The van der Waals surface area contributed by atoms with Crippen molar-refractivity contribution in [2.75, 3.05) is 5.32 Å². The predicted molar refractivity (Wildman–Crippen MR) is 66.0 cm³/mol. The van der Waals surface area contributed by atoms with Gasteiger partial charge in [-0.3, -0.25) is 0 Å². The molecule has 88 valence electrons. The van der Waals surface area contributed by atoms with Gasteiger partial charge in [-0.2, -0.15) is 0 Å². The fraction of sp³-hybridized carbons (Fsp3) is 0.500. The fourth-order valence-corrected chi connectivity index (χ4v) is 2.45. The molecule has 0 amide bonds. The van der Waals surface area contributed by atoms with Crippen LogP contribution in [0.5, 0.6) is 0 Å². The number of aliphatic hydroxyl groups is 1. The Morgan fingerprint density at radius 3 is 2.81 bits per heavy atom. The van der Waals surface area contributed by atoms with Crippen LogP contribution < -0.4 is 5.32 Å². The van der Waals surface area contributed by atoms with Crippen molar-refractivity contribution in [3.8, 4) is 0 Å². The van der Waals surface area contributed by atoms with E-state index in [1.165, 1.54) is 6.07 Å². The van der Waals surface area contributed by atoms with Crippen molar-refractivity contribution in [2.45, 2.75) is 37.8 Å². The minimum atomic E-state index is -0.368. The highest BCUT2D eigenvalue weighted by molar-refractivity contribution is 9.10. The van der Waals surface area contributed by atoms with E-state index >= 15 is 0 Å². The Bertz CT molecular complexity index is 372. The molecule has 0 heterocycles. The fourth-order valence-electron chi connectivity index (χ4n) is 2.09. The van der Waals surface area contributed by atoms with Crippen molar-refractivity contribution in [3.05, 3.63) is 28.5 Å². The highest BCUT2D eigenvalue weighted by Crippen LogP contribution is 2.25. The number of anilines is 1. The third-order valence-corrected chi connectivity index (χ3v) is 3.49. The van der Waals surface area contributed by atoms with Gasteiger partial charge >= 0.3 is 0 Å². The first-order valence-corrected chi connectivity index (χ1v) is 6.36. The van der Waals surface area contributed by atoms with Gasteiger partial charge in [0.2, 0.25) is 0 Å². The van der Waals surface area contributed by atoms with Crippen LogP contribution >= 0.6 is 15.9 Å². The second-order valence-electron chi connectivity index (χ2n) is 4.23. The Labute approximate surface area is 103 Å². The zero-order valence-corrected chi connectivity index (χ0v) is 10.5. The van der Waals surface area contributed by atoms with E-state index < -0.39 is 0 Å². The summed E-state index contributed by atoms with van der Waals surface area (Å²) in [5, 5.41) is 12.9. The third-order valence-electron chi connectivity index (χ3n) is 3.00. The summed E-state index contributed by atoms with van der Waals surface area (Å²) < 4.78 is 14.3. The Morgan fingerprint density at radius 1 is 1.31 bits per heavy atom. The lowest BCUT2D eigenvalue weighted by atomic mass is 9.92. The number of hydrogen-bond acceptors (Lipinski definition) is 2. The minimum absolute atomic E-state index is 0.0300. The summed E-state index contributed by atoms with van der Waals surface area (Å²) in [6.45, 7) is 0. The molecule has 2 N–H and O–H groups in total. The first-order chi connectivity index (χ1) is 7.66. The number of benzene rings is 1. The quantitative estimate of drug-likeness (QED) is 0.875. The van der Waals surface area contributed by atoms with E-state index in [0.29, 0.717) is 5.69 Å². The van der Waals surface area contributed by atoms with E-state index in [1.54, 1.807) is 12.1 Å². The van der Waals surface area contributed by atoms with E-state index in [9.17, 15) is 9.50 Å². The molecule has 1 aliphatic rings. The first-order valence-electron chi connectivity index (χ1n) is 5.56. The van der Waals surface area contributed by atoms with Crippen LogP contribution in [0.25, 0.3) is 0 Å². The second kappa shape index (κ2) is 5.15. The zero-order chi connectivity index (χ0) is 11.5. The number of aliphatic hydroxyl groups excluding tert-OH is 1. The van der Waals surface area contributed by atoms with Gasteiger partial charge < -0.3 is 10.4 Å². The first kappa shape index (κ1) is 11.9. The molecule has 2 rings (SSSR count). The molecule has 0 bridgehead atoms. The molecule has 1 saturated carbocycles. The average molecular weight is 288 g/mol. The lowest BCUT2D eigenvalue weighted by Crippen LogP contribution is -2.36. The van der Waals surface area contributed by atoms with Gasteiger partial charge in [0.1, 0.15) is 5.82 Å². The summed E-state index contributed by atoms with van der Waals surface area (Å²) in [4.78, 5) is 0. The van der Waals surface area contributed by atoms with Crippen molar-refractivity contribution in [3.63, 3.8) is 0 Å². The van der Waals surface area contributed by atoms with Crippen LogP contribution in [-0.4, -0.2) is 17.3 Å². The topological polar surface area (TPSA) is 32.3 Å². The molecule has 1 aromatic rings. The molecule has 2 atom stereocenters. The second-order valence-corrected chi connectivity index (χ2v) is 5.14. The summed E-state index contributed by atoms with van der Waals surface area (Å²) in [6, 6.07) is 4.76. The van der Waals surface area contributed by atoms with E-state index in [1.807, 2.05) is 0 Å². The highest BCUT2D eigenvalue weighted by atomic mass is 79.9. The van der Waals surface area contributed by atoms with Crippen LogP contribution in [-0.2, 0) is 0 Å². The largest absolute Gasteiger partial charge is 0.391 e. The van der Waals surface area contributed by atoms with Crippen molar-refractivity contribution in [1.29, 1.82) is 0 Å². The van der Waals surface area contributed by atoms with E-state index in [0.717, 1.165) is 30.2 Å². The van der Waals surface area contributed by atoms with Gasteiger partial charge in [0.15, 0.2) is 0 Å². The van der Waals surface area contributed by atoms with Crippen LogP contribution in [0.4, 0.5) is 10.1 Å².